The Hall–Kier alpha value is -2.44. The molecule has 2 rings (SSSR count). The molecule has 22 heavy (non-hydrogen) atoms. The standard InChI is InChI=1S/C15H20N4O3/c1-8(2)9(3)16-13(20)11-7-6-10-12(17-11)18(4)15(22)19(5)14(10)21/h6-9H,1-5H3,(H,16,20). The number of carbonyl (C=O) groups is 1. The molecule has 2 aromatic heterocycles. The van der Waals surface area contributed by atoms with Crippen LogP contribution in [0.15, 0.2) is 21.7 Å². The van der Waals surface area contributed by atoms with Crippen molar-refractivity contribution in [3.05, 3.63) is 38.7 Å². The van der Waals surface area contributed by atoms with Crippen LogP contribution in [0.4, 0.5) is 0 Å². The van der Waals surface area contributed by atoms with Gasteiger partial charge >= 0.3 is 5.69 Å². The Morgan fingerprint density at radius 1 is 1.14 bits per heavy atom. The Kier molecular flexibility index (Phi) is 4.16. The van der Waals surface area contributed by atoms with Crippen molar-refractivity contribution < 1.29 is 4.79 Å². The van der Waals surface area contributed by atoms with Gasteiger partial charge in [0.1, 0.15) is 11.3 Å². The molecule has 7 nitrogen and oxygen atoms in total. The first-order valence-corrected chi connectivity index (χ1v) is 7.11. The van der Waals surface area contributed by atoms with Gasteiger partial charge in [0.25, 0.3) is 11.5 Å². The third-order valence-corrected chi connectivity index (χ3v) is 3.89. The average Bonchev–Trinajstić information content (AvgIpc) is 2.49. The molecule has 118 valence electrons. The van der Waals surface area contributed by atoms with E-state index >= 15 is 0 Å². The van der Waals surface area contributed by atoms with E-state index in [1.807, 2.05) is 20.8 Å². The van der Waals surface area contributed by atoms with E-state index in [1.54, 1.807) is 0 Å². The van der Waals surface area contributed by atoms with Gasteiger partial charge in [-0.2, -0.15) is 0 Å². The number of amides is 1. The number of carbonyl (C=O) groups excluding carboxylic acids is 1. The molecule has 0 spiro atoms. The van der Waals surface area contributed by atoms with Crippen LogP contribution in [0.3, 0.4) is 0 Å². The van der Waals surface area contributed by atoms with Gasteiger partial charge < -0.3 is 5.32 Å². The molecule has 1 N–H and O–H groups in total. The summed E-state index contributed by atoms with van der Waals surface area (Å²) in [6.45, 7) is 5.92. The first-order chi connectivity index (χ1) is 10.2. The number of fused-ring (bicyclic) bond motifs is 1. The molecule has 0 aliphatic heterocycles. The highest BCUT2D eigenvalue weighted by Gasteiger charge is 2.16. The Morgan fingerprint density at radius 3 is 2.36 bits per heavy atom. The van der Waals surface area contributed by atoms with Crippen molar-refractivity contribution in [3.63, 3.8) is 0 Å². The zero-order valence-electron chi connectivity index (χ0n) is 13.4. The normalized spacial score (nSPS) is 12.6. The SMILES string of the molecule is CC(C)C(C)NC(=O)c1ccc2c(=O)n(C)c(=O)n(C)c2n1. The third kappa shape index (κ3) is 2.66. The van der Waals surface area contributed by atoms with Crippen LogP contribution < -0.4 is 16.6 Å². The second-order valence-electron chi connectivity index (χ2n) is 5.78. The number of aryl methyl sites for hydroxylation is 1. The average molecular weight is 304 g/mol. The van der Waals surface area contributed by atoms with Crippen molar-refractivity contribution >= 4 is 16.9 Å². The van der Waals surface area contributed by atoms with Crippen LogP contribution in [0.25, 0.3) is 11.0 Å². The van der Waals surface area contributed by atoms with Gasteiger partial charge in [-0.25, -0.2) is 9.78 Å². The Balaban J connectivity index is 2.54. The van der Waals surface area contributed by atoms with Crippen LogP contribution in [-0.2, 0) is 14.1 Å². The van der Waals surface area contributed by atoms with Crippen molar-refractivity contribution in [2.45, 2.75) is 26.8 Å². The lowest BCUT2D eigenvalue weighted by Crippen LogP contribution is -2.38. The number of rotatable bonds is 3. The fraction of sp³-hybridized carbons (Fsp3) is 0.467. The van der Waals surface area contributed by atoms with E-state index in [9.17, 15) is 14.4 Å². The zero-order valence-corrected chi connectivity index (χ0v) is 13.4. The van der Waals surface area contributed by atoms with Crippen molar-refractivity contribution in [2.75, 3.05) is 0 Å². The maximum Gasteiger partial charge on any atom is 0.332 e. The molecule has 0 bridgehead atoms. The van der Waals surface area contributed by atoms with Crippen molar-refractivity contribution in [2.24, 2.45) is 20.0 Å². The van der Waals surface area contributed by atoms with E-state index in [0.29, 0.717) is 11.3 Å². The fourth-order valence-corrected chi connectivity index (χ4v) is 2.03. The highest BCUT2D eigenvalue weighted by atomic mass is 16.2. The minimum absolute atomic E-state index is 0.00235. The number of nitrogens with zero attached hydrogens (tertiary/aromatic N) is 3. The minimum Gasteiger partial charge on any atom is -0.348 e. The summed E-state index contributed by atoms with van der Waals surface area (Å²) in [7, 11) is 2.94. The summed E-state index contributed by atoms with van der Waals surface area (Å²) in [6.07, 6.45) is 0. The maximum atomic E-state index is 12.2. The second kappa shape index (κ2) is 5.75. The first-order valence-electron chi connectivity index (χ1n) is 7.11. The van der Waals surface area contributed by atoms with E-state index < -0.39 is 11.2 Å². The van der Waals surface area contributed by atoms with E-state index in [0.717, 1.165) is 4.57 Å². The molecule has 1 amide bonds. The monoisotopic (exact) mass is 304 g/mol. The van der Waals surface area contributed by atoms with Crippen LogP contribution in [0.5, 0.6) is 0 Å². The van der Waals surface area contributed by atoms with Crippen LogP contribution in [0, 0.1) is 5.92 Å². The van der Waals surface area contributed by atoms with Gasteiger partial charge in [0.2, 0.25) is 0 Å². The molecular formula is C15H20N4O3. The van der Waals surface area contributed by atoms with E-state index in [1.165, 1.54) is 30.8 Å². The van der Waals surface area contributed by atoms with Gasteiger partial charge in [0.15, 0.2) is 0 Å². The van der Waals surface area contributed by atoms with Gasteiger partial charge in [-0.3, -0.25) is 18.7 Å². The lowest BCUT2D eigenvalue weighted by molar-refractivity contribution is 0.0925. The van der Waals surface area contributed by atoms with Gasteiger partial charge in [-0.05, 0) is 25.0 Å². The van der Waals surface area contributed by atoms with Gasteiger partial charge in [0.05, 0.1) is 5.39 Å². The molecule has 7 heteroatoms. The molecule has 0 aliphatic carbocycles. The highest BCUT2D eigenvalue weighted by molar-refractivity contribution is 5.94. The third-order valence-electron chi connectivity index (χ3n) is 3.89. The lowest BCUT2D eigenvalue weighted by atomic mass is 10.1. The predicted octanol–water partition coefficient (Wildman–Crippen LogP) is 0.406. The summed E-state index contributed by atoms with van der Waals surface area (Å²) in [6, 6.07) is 3.02. The molecule has 1 atom stereocenters. The topological polar surface area (TPSA) is 86.0 Å². The lowest BCUT2D eigenvalue weighted by Gasteiger charge is -2.17. The van der Waals surface area contributed by atoms with Crippen LogP contribution in [0.2, 0.25) is 0 Å². The molecule has 2 aromatic rings. The second-order valence-corrected chi connectivity index (χ2v) is 5.78. The van der Waals surface area contributed by atoms with E-state index in [4.69, 9.17) is 0 Å². The molecule has 1 unspecified atom stereocenters. The molecule has 0 aromatic carbocycles. The summed E-state index contributed by atoms with van der Waals surface area (Å²) in [5.74, 6) is -0.0303. The van der Waals surface area contributed by atoms with Gasteiger partial charge in [0, 0.05) is 20.1 Å². The van der Waals surface area contributed by atoms with Crippen LogP contribution in [0.1, 0.15) is 31.3 Å². The van der Waals surface area contributed by atoms with E-state index in [2.05, 4.69) is 10.3 Å². The van der Waals surface area contributed by atoms with Gasteiger partial charge in [-0.15, -0.1) is 0 Å². The highest BCUT2D eigenvalue weighted by Crippen LogP contribution is 2.07. The summed E-state index contributed by atoms with van der Waals surface area (Å²) in [5, 5.41) is 3.15. The molecule has 0 fully saturated rings. The number of pyridine rings is 1. The Bertz CT molecular complexity index is 848. The van der Waals surface area contributed by atoms with E-state index in [-0.39, 0.29) is 23.3 Å². The molecule has 0 saturated heterocycles. The quantitative estimate of drug-likeness (QED) is 0.889. The molecule has 0 aliphatic rings. The molecule has 2 heterocycles. The summed E-state index contributed by atoms with van der Waals surface area (Å²) in [4.78, 5) is 40.4. The van der Waals surface area contributed by atoms with Crippen LogP contribution >= 0.6 is 0 Å². The largest absolute Gasteiger partial charge is 0.348 e. The summed E-state index contributed by atoms with van der Waals surface area (Å²) in [5.41, 5.74) is -0.507. The number of hydrogen-bond donors (Lipinski definition) is 1. The van der Waals surface area contributed by atoms with Crippen molar-refractivity contribution in [1.82, 2.24) is 19.4 Å². The Labute approximate surface area is 127 Å². The van der Waals surface area contributed by atoms with Crippen molar-refractivity contribution in [1.29, 1.82) is 0 Å². The first kappa shape index (κ1) is 15.9. The predicted molar refractivity (Wildman–Crippen MR) is 84.0 cm³/mol. The molecular weight excluding hydrogens is 284 g/mol. The van der Waals surface area contributed by atoms with Crippen LogP contribution in [-0.4, -0.2) is 26.1 Å². The summed E-state index contributed by atoms with van der Waals surface area (Å²) >= 11 is 0. The zero-order chi connectivity index (χ0) is 16.6. The fourth-order valence-electron chi connectivity index (χ4n) is 2.03. The minimum atomic E-state index is -0.474. The maximum absolute atomic E-state index is 12.2. The van der Waals surface area contributed by atoms with Gasteiger partial charge in [-0.1, -0.05) is 13.8 Å². The Morgan fingerprint density at radius 2 is 1.77 bits per heavy atom. The smallest absolute Gasteiger partial charge is 0.332 e. The molecule has 0 radical (unpaired) electrons. The number of aromatic nitrogens is 3. The number of nitrogens with one attached hydrogen (secondary N) is 1. The summed E-state index contributed by atoms with van der Waals surface area (Å²) < 4.78 is 2.28. The number of hydrogen-bond acceptors (Lipinski definition) is 4. The van der Waals surface area contributed by atoms with Crippen molar-refractivity contribution in [3.8, 4) is 0 Å². The molecule has 0 saturated carbocycles.